The van der Waals surface area contributed by atoms with Crippen LogP contribution in [0.2, 0.25) is 0 Å². The number of anilines is 1. The fraction of sp³-hybridized carbons (Fsp3) is 0.231. The van der Waals surface area contributed by atoms with Crippen molar-refractivity contribution in [3.63, 3.8) is 0 Å². The molecule has 0 bridgehead atoms. The summed E-state index contributed by atoms with van der Waals surface area (Å²) in [6, 6.07) is 10.6. The molecule has 18 heavy (non-hydrogen) atoms. The molecular weight excluding hydrogens is 250 g/mol. The monoisotopic (exact) mass is 265 g/mol. The third-order valence-electron chi connectivity index (χ3n) is 2.70. The van der Waals surface area contributed by atoms with Crippen molar-refractivity contribution in [2.24, 2.45) is 0 Å². The molecule has 0 aliphatic heterocycles. The Balaban J connectivity index is 2.72. The lowest BCUT2D eigenvalue weighted by Gasteiger charge is -2.12. The lowest BCUT2D eigenvalue weighted by atomic mass is 10.1. The number of hydrogen-bond acceptors (Lipinski definition) is 3. The minimum absolute atomic E-state index is 0.0472. The Kier molecular flexibility index (Phi) is 3.54. The van der Waals surface area contributed by atoms with Crippen molar-refractivity contribution in [1.29, 1.82) is 0 Å². The molecular formula is C13H15NO3S. The quantitative estimate of drug-likeness (QED) is 0.834. The van der Waals surface area contributed by atoms with Gasteiger partial charge in [-0.15, -0.1) is 0 Å². The molecule has 0 aromatic heterocycles. The first-order valence-electron chi connectivity index (χ1n) is 5.77. The van der Waals surface area contributed by atoms with Crippen molar-refractivity contribution in [2.45, 2.75) is 18.2 Å². The van der Waals surface area contributed by atoms with Gasteiger partial charge < -0.3 is 5.32 Å². The van der Waals surface area contributed by atoms with Crippen LogP contribution in [-0.4, -0.2) is 19.5 Å². The second-order valence-corrected chi connectivity index (χ2v) is 5.42. The van der Waals surface area contributed by atoms with Gasteiger partial charge in [-0.3, -0.25) is 4.55 Å². The van der Waals surface area contributed by atoms with Gasteiger partial charge in [0.25, 0.3) is 10.1 Å². The Labute approximate surface area is 106 Å². The first-order chi connectivity index (χ1) is 8.54. The van der Waals surface area contributed by atoms with Crippen LogP contribution in [0.15, 0.2) is 41.3 Å². The summed E-state index contributed by atoms with van der Waals surface area (Å²) >= 11 is 0. The van der Waals surface area contributed by atoms with Crippen LogP contribution in [0.4, 0.5) is 5.69 Å². The highest BCUT2D eigenvalue weighted by Crippen LogP contribution is 2.30. The van der Waals surface area contributed by atoms with Crippen molar-refractivity contribution in [2.75, 3.05) is 11.9 Å². The molecule has 2 rings (SSSR count). The second-order valence-electron chi connectivity index (χ2n) is 4.07. The maximum absolute atomic E-state index is 11.5. The van der Waals surface area contributed by atoms with Crippen molar-refractivity contribution >= 4 is 26.6 Å². The van der Waals surface area contributed by atoms with Gasteiger partial charge in [-0.05, 0) is 17.9 Å². The molecule has 96 valence electrons. The van der Waals surface area contributed by atoms with Crippen LogP contribution in [0.5, 0.6) is 0 Å². The van der Waals surface area contributed by atoms with Crippen LogP contribution < -0.4 is 5.32 Å². The van der Waals surface area contributed by atoms with Crippen LogP contribution in [0.1, 0.15) is 13.3 Å². The molecule has 0 aliphatic rings. The molecule has 0 atom stereocenters. The minimum Gasteiger partial charge on any atom is -0.384 e. The van der Waals surface area contributed by atoms with Crippen LogP contribution in [-0.2, 0) is 10.1 Å². The van der Waals surface area contributed by atoms with E-state index in [9.17, 15) is 13.0 Å². The zero-order chi connectivity index (χ0) is 13.2. The molecule has 0 heterocycles. The topological polar surface area (TPSA) is 66.4 Å². The number of benzene rings is 2. The Morgan fingerprint density at radius 3 is 2.56 bits per heavy atom. The van der Waals surface area contributed by atoms with Crippen LogP contribution in [0, 0.1) is 0 Å². The van der Waals surface area contributed by atoms with E-state index < -0.39 is 10.1 Å². The molecule has 5 heteroatoms. The molecule has 0 aliphatic carbocycles. The van der Waals surface area contributed by atoms with Gasteiger partial charge in [0.1, 0.15) is 4.90 Å². The van der Waals surface area contributed by atoms with E-state index in [0.29, 0.717) is 17.6 Å². The maximum atomic E-state index is 11.5. The van der Waals surface area contributed by atoms with E-state index >= 15 is 0 Å². The highest BCUT2D eigenvalue weighted by Gasteiger charge is 2.18. The maximum Gasteiger partial charge on any atom is 0.297 e. The minimum atomic E-state index is -4.25. The predicted molar refractivity (Wildman–Crippen MR) is 72.5 cm³/mol. The van der Waals surface area contributed by atoms with Gasteiger partial charge in [-0.1, -0.05) is 37.3 Å². The average molecular weight is 265 g/mol. The summed E-state index contributed by atoms with van der Waals surface area (Å²) in [7, 11) is -4.25. The fourth-order valence-corrected chi connectivity index (χ4v) is 2.80. The Hall–Kier alpha value is -1.59. The highest BCUT2D eigenvalue weighted by molar-refractivity contribution is 7.86. The van der Waals surface area contributed by atoms with E-state index in [4.69, 9.17) is 0 Å². The first kappa shape index (κ1) is 12.9. The molecule has 0 spiro atoms. The molecule has 0 saturated carbocycles. The van der Waals surface area contributed by atoms with Crippen LogP contribution in [0.25, 0.3) is 10.8 Å². The van der Waals surface area contributed by atoms with Crippen molar-refractivity contribution in [1.82, 2.24) is 0 Å². The van der Waals surface area contributed by atoms with Gasteiger partial charge in [0.05, 0.1) is 5.69 Å². The SMILES string of the molecule is CCCNc1ccc2ccccc2c1S(=O)(=O)O. The zero-order valence-corrected chi connectivity index (χ0v) is 10.9. The standard InChI is InChI=1S/C13H15NO3S/c1-2-9-14-12-8-7-10-5-3-4-6-11(10)13(12)18(15,16)17/h3-8,14H,2,9H2,1H3,(H,15,16,17). The predicted octanol–water partition coefficient (Wildman–Crippen LogP) is 2.91. The summed E-state index contributed by atoms with van der Waals surface area (Å²) < 4.78 is 32.5. The molecule has 0 amide bonds. The third kappa shape index (κ3) is 2.47. The molecule has 0 unspecified atom stereocenters. The third-order valence-corrected chi connectivity index (χ3v) is 3.66. The second kappa shape index (κ2) is 4.96. The van der Waals surface area contributed by atoms with Gasteiger partial charge in [0.15, 0.2) is 0 Å². The van der Waals surface area contributed by atoms with E-state index in [2.05, 4.69) is 5.32 Å². The van der Waals surface area contributed by atoms with Crippen LogP contribution >= 0.6 is 0 Å². The fourth-order valence-electron chi connectivity index (χ4n) is 1.92. The molecule has 2 aromatic carbocycles. The molecule has 2 aromatic rings. The molecule has 2 N–H and O–H groups in total. The smallest absolute Gasteiger partial charge is 0.297 e. The van der Waals surface area contributed by atoms with Gasteiger partial charge in [-0.2, -0.15) is 8.42 Å². The summed E-state index contributed by atoms with van der Waals surface area (Å²) in [6.45, 7) is 2.64. The molecule has 0 fully saturated rings. The molecule has 0 saturated heterocycles. The summed E-state index contributed by atoms with van der Waals surface area (Å²) in [5, 5.41) is 4.34. The molecule has 4 nitrogen and oxygen atoms in total. The lowest BCUT2D eigenvalue weighted by Crippen LogP contribution is -2.07. The van der Waals surface area contributed by atoms with E-state index in [1.165, 1.54) is 0 Å². The van der Waals surface area contributed by atoms with Gasteiger partial charge in [-0.25, -0.2) is 0 Å². The lowest BCUT2D eigenvalue weighted by molar-refractivity contribution is 0.484. The summed E-state index contributed by atoms with van der Waals surface area (Å²) in [5.74, 6) is 0. The van der Waals surface area contributed by atoms with Gasteiger partial charge in [0.2, 0.25) is 0 Å². The van der Waals surface area contributed by atoms with E-state index in [0.717, 1.165) is 11.8 Å². The van der Waals surface area contributed by atoms with E-state index in [1.807, 2.05) is 25.1 Å². The number of nitrogens with one attached hydrogen (secondary N) is 1. The van der Waals surface area contributed by atoms with E-state index in [-0.39, 0.29) is 4.90 Å². The zero-order valence-electron chi connectivity index (χ0n) is 10.1. The Bertz CT molecular complexity index is 665. The number of rotatable bonds is 4. The van der Waals surface area contributed by atoms with Gasteiger partial charge in [0, 0.05) is 11.9 Å². The van der Waals surface area contributed by atoms with Crippen molar-refractivity contribution in [3.05, 3.63) is 36.4 Å². The summed E-state index contributed by atoms with van der Waals surface area (Å²) in [5.41, 5.74) is 0.443. The van der Waals surface area contributed by atoms with E-state index in [1.54, 1.807) is 18.2 Å². The number of fused-ring (bicyclic) bond motifs is 1. The normalized spacial score (nSPS) is 11.7. The van der Waals surface area contributed by atoms with Crippen LogP contribution in [0.3, 0.4) is 0 Å². The Morgan fingerprint density at radius 1 is 1.17 bits per heavy atom. The number of hydrogen-bond donors (Lipinski definition) is 2. The summed E-state index contributed by atoms with van der Waals surface area (Å²) in [4.78, 5) is -0.0472. The largest absolute Gasteiger partial charge is 0.384 e. The Morgan fingerprint density at radius 2 is 1.89 bits per heavy atom. The first-order valence-corrected chi connectivity index (χ1v) is 7.21. The average Bonchev–Trinajstić information content (AvgIpc) is 2.34. The van der Waals surface area contributed by atoms with Crippen molar-refractivity contribution < 1.29 is 13.0 Å². The molecule has 0 radical (unpaired) electrons. The summed E-state index contributed by atoms with van der Waals surface area (Å²) in [6.07, 6.45) is 0.873. The van der Waals surface area contributed by atoms with Crippen molar-refractivity contribution in [3.8, 4) is 0 Å². The van der Waals surface area contributed by atoms with Gasteiger partial charge >= 0.3 is 0 Å². The highest BCUT2D eigenvalue weighted by atomic mass is 32.2.